The smallest absolute Gasteiger partial charge is 0.260 e. The first-order valence-corrected chi connectivity index (χ1v) is 11.9. The number of nitrogens with two attached hydrogens (primary N) is 1. The van der Waals surface area contributed by atoms with Crippen LogP contribution in [0.1, 0.15) is 17.8 Å². The molecule has 6 rings (SSSR count). The standard InChI is InChI=1S/C28H22N8O2/c29-24(37)28-36-35-27(38-28)19-13-18(14-30-15-19)25-33-22-11-6-10-21(17-7-2-1-3-8-17)23(22)26(34-25)32-16-20-9-4-5-12-31-20/h1-15,24,37H,16,29H2,(H,32,33,34). The summed E-state index contributed by atoms with van der Waals surface area (Å²) in [6, 6.07) is 23.7. The Balaban J connectivity index is 1.47. The number of rotatable bonds is 7. The van der Waals surface area contributed by atoms with Gasteiger partial charge in [-0.05, 0) is 35.4 Å². The van der Waals surface area contributed by atoms with Gasteiger partial charge < -0.3 is 14.8 Å². The maximum atomic E-state index is 9.52. The monoisotopic (exact) mass is 502 g/mol. The summed E-state index contributed by atoms with van der Waals surface area (Å²) in [5, 5.41) is 21.6. The number of aliphatic hydroxyl groups excluding tert-OH is 1. The van der Waals surface area contributed by atoms with Crippen molar-refractivity contribution in [2.75, 3.05) is 5.32 Å². The number of anilines is 1. The van der Waals surface area contributed by atoms with Gasteiger partial charge in [0.25, 0.3) is 5.89 Å². The van der Waals surface area contributed by atoms with Gasteiger partial charge >= 0.3 is 0 Å². The number of nitrogens with zero attached hydrogens (tertiary/aromatic N) is 6. The number of fused-ring (bicyclic) bond motifs is 1. The minimum Gasteiger partial charge on any atom is -0.416 e. The maximum Gasteiger partial charge on any atom is 0.260 e. The van der Waals surface area contributed by atoms with Crippen molar-refractivity contribution in [3.05, 3.63) is 103 Å². The molecule has 4 N–H and O–H groups in total. The second kappa shape index (κ2) is 10.1. The Kier molecular flexibility index (Phi) is 6.22. The zero-order valence-electron chi connectivity index (χ0n) is 20.1. The summed E-state index contributed by atoms with van der Waals surface area (Å²) in [7, 11) is 0. The number of hydrogen-bond donors (Lipinski definition) is 3. The van der Waals surface area contributed by atoms with Crippen LogP contribution < -0.4 is 11.1 Å². The fourth-order valence-corrected chi connectivity index (χ4v) is 4.13. The average molecular weight is 503 g/mol. The first-order valence-electron chi connectivity index (χ1n) is 11.9. The third kappa shape index (κ3) is 4.69. The number of nitrogens with one attached hydrogen (secondary N) is 1. The molecule has 38 heavy (non-hydrogen) atoms. The third-order valence-corrected chi connectivity index (χ3v) is 5.91. The quantitative estimate of drug-likeness (QED) is 0.269. The van der Waals surface area contributed by atoms with Gasteiger partial charge in [-0.1, -0.05) is 48.5 Å². The molecule has 1 unspecified atom stereocenters. The van der Waals surface area contributed by atoms with Crippen LogP contribution in [0.2, 0.25) is 0 Å². The topological polar surface area (TPSA) is 149 Å². The molecule has 0 saturated heterocycles. The van der Waals surface area contributed by atoms with Crippen LogP contribution in [0.25, 0.3) is 44.9 Å². The molecule has 4 heterocycles. The van der Waals surface area contributed by atoms with Crippen LogP contribution in [-0.2, 0) is 6.54 Å². The SMILES string of the molecule is NC(O)c1nnc(-c2cncc(-c3nc(NCc4ccccn4)c4c(-c5ccccc5)cccc4n3)c2)o1. The lowest BCUT2D eigenvalue weighted by Gasteiger charge is -2.14. The first kappa shape index (κ1) is 23.3. The van der Waals surface area contributed by atoms with Gasteiger partial charge in [-0.3, -0.25) is 15.7 Å². The summed E-state index contributed by atoms with van der Waals surface area (Å²) < 4.78 is 5.47. The molecule has 0 spiro atoms. The van der Waals surface area contributed by atoms with Crippen molar-refractivity contribution in [1.29, 1.82) is 0 Å². The van der Waals surface area contributed by atoms with Crippen molar-refractivity contribution in [1.82, 2.24) is 30.1 Å². The molecule has 0 saturated carbocycles. The Morgan fingerprint density at radius 3 is 2.50 bits per heavy atom. The molecule has 0 aliphatic carbocycles. The Labute approximate surface area is 217 Å². The van der Waals surface area contributed by atoms with Gasteiger partial charge in [0.05, 0.1) is 28.7 Å². The van der Waals surface area contributed by atoms with E-state index in [9.17, 15) is 5.11 Å². The molecule has 6 aromatic rings. The molecule has 0 amide bonds. The fourth-order valence-electron chi connectivity index (χ4n) is 4.13. The van der Waals surface area contributed by atoms with E-state index in [1.807, 2.05) is 48.5 Å². The summed E-state index contributed by atoms with van der Waals surface area (Å²) >= 11 is 0. The molecule has 0 radical (unpaired) electrons. The molecule has 0 aliphatic heterocycles. The van der Waals surface area contributed by atoms with Crippen LogP contribution in [0.5, 0.6) is 0 Å². The Morgan fingerprint density at radius 2 is 1.71 bits per heavy atom. The summed E-state index contributed by atoms with van der Waals surface area (Å²) in [5.41, 5.74) is 10.4. The highest BCUT2D eigenvalue weighted by molar-refractivity contribution is 6.02. The summed E-state index contributed by atoms with van der Waals surface area (Å²) in [6.07, 6.45) is 3.66. The predicted molar refractivity (Wildman–Crippen MR) is 142 cm³/mol. The van der Waals surface area contributed by atoms with Gasteiger partial charge in [0.2, 0.25) is 5.89 Å². The molecule has 10 heteroatoms. The molecule has 2 aromatic carbocycles. The van der Waals surface area contributed by atoms with E-state index in [1.54, 1.807) is 24.7 Å². The van der Waals surface area contributed by atoms with E-state index in [-0.39, 0.29) is 11.8 Å². The molecule has 0 aliphatic rings. The van der Waals surface area contributed by atoms with Crippen LogP contribution in [0.3, 0.4) is 0 Å². The van der Waals surface area contributed by atoms with E-state index < -0.39 is 6.23 Å². The normalized spacial score (nSPS) is 11.9. The van der Waals surface area contributed by atoms with Crippen LogP contribution in [0.4, 0.5) is 5.82 Å². The lowest BCUT2D eigenvalue weighted by Crippen LogP contribution is -2.08. The largest absolute Gasteiger partial charge is 0.416 e. The van der Waals surface area contributed by atoms with E-state index in [2.05, 4.69) is 43.7 Å². The van der Waals surface area contributed by atoms with E-state index in [4.69, 9.17) is 20.1 Å². The molecular formula is C28H22N8O2. The van der Waals surface area contributed by atoms with Gasteiger partial charge in [0.1, 0.15) is 5.82 Å². The maximum absolute atomic E-state index is 9.52. The van der Waals surface area contributed by atoms with Crippen molar-refractivity contribution in [2.45, 2.75) is 12.8 Å². The Hall–Kier alpha value is -5.06. The second-order valence-corrected chi connectivity index (χ2v) is 8.49. The highest BCUT2D eigenvalue weighted by Gasteiger charge is 2.17. The van der Waals surface area contributed by atoms with Crippen LogP contribution >= 0.6 is 0 Å². The average Bonchev–Trinajstić information content (AvgIpc) is 3.48. The zero-order valence-corrected chi connectivity index (χ0v) is 20.1. The van der Waals surface area contributed by atoms with E-state index >= 15 is 0 Å². The predicted octanol–water partition coefficient (Wildman–Crippen LogP) is 4.37. The van der Waals surface area contributed by atoms with Crippen molar-refractivity contribution in [2.24, 2.45) is 5.73 Å². The van der Waals surface area contributed by atoms with Crippen molar-refractivity contribution in [3.63, 3.8) is 0 Å². The second-order valence-electron chi connectivity index (χ2n) is 8.49. The zero-order chi connectivity index (χ0) is 25.9. The van der Waals surface area contributed by atoms with Gasteiger partial charge in [0.15, 0.2) is 12.1 Å². The number of pyridine rings is 2. The van der Waals surface area contributed by atoms with Gasteiger partial charge in [-0.15, -0.1) is 10.2 Å². The Morgan fingerprint density at radius 1 is 0.868 bits per heavy atom. The molecular weight excluding hydrogens is 480 g/mol. The minimum atomic E-state index is -1.36. The van der Waals surface area contributed by atoms with E-state index in [1.165, 1.54) is 0 Å². The molecule has 4 aromatic heterocycles. The highest BCUT2D eigenvalue weighted by Crippen LogP contribution is 2.34. The van der Waals surface area contributed by atoms with Crippen molar-refractivity contribution < 1.29 is 9.52 Å². The third-order valence-electron chi connectivity index (χ3n) is 5.91. The summed E-state index contributed by atoms with van der Waals surface area (Å²) in [4.78, 5) is 18.6. The summed E-state index contributed by atoms with van der Waals surface area (Å²) in [6.45, 7) is 0.486. The van der Waals surface area contributed by atoms with Crippen LogP contribution in [0.15, 0.2) is 95.8 Å². The van der Waals surface area contributed by atoms with E-state index in [0.717, 1.165) is 27.7 Å². The highest BCUT2D eigenvalue weighted by atomic mass is 16.4. The Bertz CT molecular complexity index is 1710. The lowest BCUT2D eigenvalue weighted by atomic mass is 10.0. The number of aromatic nitrogens is 6. The lowest BCUT2D eigenvalue weighted by molar-refractivity contribution is 0.151. The van der Waals surface area contributed by atoms with Crippen LogP contribution in [-0.4, -0.2) is 35.2 Å². The summed E-state index contributed by atoms with van der Waals surface area (Å²) in [5.74, 6) is 1.24. The number of aliphatic hydroxyl groups is 1. The van der Waals surface area contributed by atoms with Gasteiger partial charge in [0, 0.05) is 24.2 Å². The van der Waals surface area contributed by atoms with Gasteiger partial charge in [-0.2, -0.15) is 0 Å². The number of benzene rings is 2. The molecule has 1 atom stereocenters. The first-order chi connectivity index (χ1) is 18.7. The number of hydrogen-bond acceptors (Lipinski definition) is 10. The molecule has 0 fully saturated rings. The minimum absolute atomic E-state index is 0.0817. The molecule has 186 valence electrons. The molecule has 0 bridgehead atoms. The van der Waals surface area contributed by atoms with Crippen molar-refractivity contribution in [3.8, 4) is 34.0 Å². The van der Waals surface area contributed by atoms with Gasteiger partial charge in [-0.25, -0.2) is 9.97 Å². The molecule has 10 nitrogen and oxygen atoms in total. The fraction of sp³-hybridized carbons (Fsp3) is 0.0714. The van der Waals surface area contributed by atoms with E-state index in [0.29, 0.717) is 29.3 Å². The van der Waals surface area contributed by atoms with Crippen LogP contribution in [0, 0.1) is 0 Å². The van der Waals surface area contributed by atoms with Crippen molar-refractivity contribution >= 4 is 16.7 Å².